The Morgan fingerprint density at radius 1 is 1.22 bits per heavy atom. The molecule has 3 heterocycles. The topological polar surface area (TPSA) is 84.6 Å². The van der Waals surface area contributed by atoms with Crippen LogP contribution in [0.25, 0.3) is 0 Å². The summed E-state index contributed by atoms with van der Waals surface area (Å²) in [5.74, 6) is 2.01. The number of carbonyl (C=O) groups excluding carboxylic acids is 1. The number of ether oxygens (including phenoxy) is 1. The molecule has 1 aliphatic carbocycles. The maximum absolute atomic E-state index is 13.0. The maximum atomic E-state index is 13.0. The Hall–Kier alpha value is -2.64. The van der Waals surface area contributed by atoms with Crippen LogP contribution in [0.1, 0.15) is 47.5 Å². The van der Waals surface area contributed by atoms with Crippen LogP contribution in [0.2, 0.25) is 0 Å². The lowest BCUT2D eigenvalue weighted by Crippen LogP contribution is -2.45. The molecule has 0 bridgehead atoms. The van der Waals surface area contributed by atoms with Gasteiger partial charge in [-0.3, -0.25) is 4.79 Å². The molecule has 0 N–H and O–H groups in total. The Balaban J connectivity index is 1.47. The van der Waals surface area contributed by atoms with Crippen molar-refractivity contribution in [3.8, 4) is 5.88 Å². The number of rotatable bonds is 4. The highest BCUT2D eigenvalue weighted by Crippen LogP contribution is 2.27. The summed E-state index contributed by atoms with van der Waals surface area (Å²) in [7, 11) is 3.81. The number of piperidine rings is 1. The van der Waals surface area contributed by atoms with Gasteiger partial charge in [0.25, 0.3) is 11.8 Å². The first kappa shape index (κ1) is 17.8. The Kier molecular flexibility index (Phi) is 4.96. The van der Waals surface area contributed by atoms with Crippen molar-refractivity contribution in [2.45, 2.75) is 44.6 Å². The van der Waals surface area contributed by atoms with E-state index in [9.17, 15) is 4.79 Å². The van der Waals surface area contributed by atoms with Crippen LogP contribution in [-0.4, -0.2) is 59.2 Å². The number of likely N-dealkylation sites (tertiary alicyclic amines) is 1. The lowest BCUT2D eigenvalue weighted by Gasteiger charge is -2.32. The molecule has 0 spiro atoms. The predicted molar refractivity (Wildman–Crippen MR) is 99.1 cm³/mol. The molecule has 1 saturated heterocycles. The molecule has 144 valence electrons. The molecule has 1 aliphatic heterocycles. The van der Waals surface area contributed by atoms with Gasteiger partial charge < -0.3 is 19.1 Å². The Labute approximate surface area is 158 Å². The summed E-state index contributed by atoms with van der Waals surface area (Å²) in [5, 5.41) is 4.08. The van der Waals surface area contributed by atoms with Gasteiger partial charge in [0.05, 0.1) is 6.54 Å². The Bertz CT molecular complexity index is 819. The van der Waals surface area contributed by atoms with E-state index >= 15 is 0 Å². The molecule has 2 aliphatic rings. The number of hydrogen-bond donors (Lipinski definition) is 0. The smallest absolute Gasteiger partial charge is 0.276 e. The molecule has 0 saturated carbocycles. The van der Waals surface area contributed by atoms with E-state index in [0.29, 0.717) is 30.5 Å². The van der Waals surface area contributed by atoms with Gasteiger partial charge in [0.2, 0.25) is 0 Å². The standard InChI is InChI=1S/C19H25N5O3/c1-23(2)17-18(21-10-9-20-17)26-13-6-5-11-24(12-13)19(25)16-14-7-3-4-8-15(14)27-22-16/h9-10,13H,3-8,11-12H2,1-2H3. The van der Waals surface area contributed by atoms with Crippen molar-refractivity contribution in [1.82, 2.24) is 20.0 Å². The van der Waals surface area contributed by atoms with Crippen LogP contribution in [-0.2, 0) is 12.8 Å². The zero-order chi connectivity index (χ0) is 18.8. The number of nitrogens with zero attached hydrogens (tertiary/aromatic N) is 5. The van der Waals surface area contributed by atoms with E-state index in [1.807, 2.05) is 23.9 Å². The highest BCUT2D eigenvalue weighted by atomic mass is 16.5. The van der Waals surface area contributed by atoms with Gasteiger partial charge in [-0.05, 0) is 32.1 Å². The Morgan fingerprint density at radius 2 is 2.04 bits per heavy atom. The summed E-state index contributed by atoms with van der Waals surface area (Å²) < 4.78 is 11.5. The van der Waals surface area contributed by atoms with E-state index in [2.05, 4.69) is 15.1 Å². The third-order valence-corrected chi connectivity index (χ3v) is 5.17. The van der Waals surface area contributed by atoms with Crippen LogP contribution < -0.4 is 9.64 Å². The van der Waals surface area contributed by atoms with E-state index in [4.69, 9.17) is 9.26 Å². The molecule has 1 unspecified atom stereocenters. The van der Waals surface area contributed by atoms with E-state index in [0.717, 1.165) is 49.8 Å². The monoisotopic (exact) mass is 371 g/mol. The van der Waals surface area contributed by atoms with Crippen molar-refractivity contribution in [2.75, 3.05) is 32.1 Å². The number of amides is 1. The van der Waals surface area contributed by atoms with Gasteiger partial charge in [-0.2, -0.15) is 0 Å². The molecular weight excluding hydrogens is 346 g/mol. The second-order valence-corrected chi connectivity index (χ2v) is 7.35. The molecule has 2 aromatic heterocycles. The SMILES string of the molecule is CN(C)c1nccnc1OC1CCCN(C(=O)c2noc3c2CCCC3)C1. The average molecular weight is 371 g/mol. The molecule has 8 heteroatoms. The van der Waals surface area contributed by atoms with Gasteiger partial charge in [0.15, 0.2) is 11.5 Å². The van der Waals surface area contributed by atoms with E-state index in [1.54, 1.807) is 12.4 Å². The fraction of sp³-hybridized carbons (Fsp3) is 0.579. The molecule has 4 rings (SSSR count). The van der Waals surface area contributed by atoms with Gasteiger partial charge in [0, 0.05) is 45.0 Å². The van der Waals surface area contributed by atoms with Crippen LogP contribution in [0.15, 0.2) is 16.9 Å². The number of aryl methyl sites for hydroxylation is 1. The van der Waals surface area contributed by atoms with Gasteiger partial charge in [0.1, 0.15) is 11.9 Å². The summed E-state index contributed by atoms with van der Waals surface area (Å²) in [5.41, 5.74) is 1.48. The number of carbonyl (C=O) groups is 1. The van der Waals surface area contributed by atoms with Gasteiger partial charge in [-0.1, -0.05) is 5.16 Å². The van der Waals surface area contributed by atoms with Crippen LogP contribution >= 0.6 is 0 Å². The van der Waals surface area contributed by atoms with Gasteiger partial charge in [-0.25, -0.2) is 9.97 Å². The van der Waals surface area contributed by atoms with Crippen molar-refractivity contribution >= 4 is 11.7 Å². The summed E-state index contributed by atoms with van der Waals surface area (Å²) in [4.78, 5) is 25.4. The highest BCUT2D eigenvalue weighted by Gasteiger charge is 2.31. The number of fused-ring (bicyclic) bond motifs is 1. The van der Waals surface area contributed by atoms with Gasteiger partial charge >= 0.3 is 0 Å². The van der Waals surface area contributed by atoms with E-state index in [1.165, 1.54) is 0 Å². The second-order valence-electron chi connectivity index (χ2n) is 7.35. The van der Waals surface area contributed by atoms with Crippen molar-refractivity contribution in [2.24, 2.45) is 0 Å². The lowest BCUT2D eigenvalue weighted by atomic mass is 9.96. The zero-order valence-electron chi connectivity index (χ0n) is 15.8. The lowest BCUT2D eigenvalue weighted by molar-refractivity contribution is 0.0518. The van der Waals surface area contributed by atoms with Crippen molar-refractivity contribution in [3.05, 3.63) is 29.4 Å². The van der Waals surface area contributed by atoms with Crippen molar-refractivity contribution < 1.29 is 14.1 Å². The van der Waals surface area contributed by atoms with E-state index < -0.39 is 0 Å². The minimum Gasteiger partial charge on any atom is -0.470 e. The first-order valence-electron chi connectivity index (χ1n) is 9.55. The fourth-order valence-electron chi connectivity index (χ4n) is 3.79. The number of anilines is 1. The summed E-state index contributed by atoms with van der Waals surface area (Å²) in [6, 6.07) is 0. The molecule has 8 nitrogen and oxygen atoms in total. The van der Waals surface area contributed by atoms with Crippen LogP contribution in [0.5, 0.6) is 5.88 Å². The first-order chi connectivity index (χ1) is 13.1. The van der Waals surface area contributed by atoms with Gasteiger partial charge in [-0.15, -0.1) is 0 Å². The largest absolute Gasteiger partial charge is 0.470 e. The predicted octanol–water partition coefficient (Wildman–Crippen LogP) is 2.09. The molecular formula is C19H25N5O3. The molecule has 1 amide bonds. The molecule has 0 radical (unpaired) electrons. The van der Waals surface area contributed by atoms with Crippen molar-refractivity contribution in [3.63, 3.8) is 0 Å². The normalized spacial score (nSPS) is 19.5. The maximum Gasteiger partial charge on any atom is 0.276 e. The summed E-state index contributed by atoms with van der Waals surface area (Å²) in [6.07, 6.45) is 8.85. The quantitative estimate of drug-likeness (QED) is 0.813. The number of aromatic nitrogens is 3. The van der Waals surface area contributed by atoms with E-state index in [-0.39, 0.29) is 12.0 Å². The molecule has 1 fully saturated rings. The Morgan fingerprint density at radius 3 is 2.89 bits per heavy atom. The summed E-state index contributed by atoms with van der Waals surface area (Å²) >= 11 is 0. The minimum absolute atomic E-state index is 0.0535. The van der Waals surface area contributed by atoms with Crippen LogP contribution in [0.3, 0.4) is 0 Å². The molecule has 27 heavy (non-hydrogen) atoms. The molecule has 0 aromatic carbocycles. The molecule has 1 atom stereocenters. The molecule has 2 aromatic rings. The fourth-order valence-corrected chi connectivity index (χ4v) is 3.79. The number of hydrogen-bond acceptors (Lipinski definition) is 7. The average Bonchev–Trinajstić information content (AvgIpc) is 3.12. The van der Waals surface area contributed by atoms with Crippen LogP contribution in [0, 0.1) is 0 Å². The zero-order valence-corrected chi connectivity index (χ0v) is 15.8. The second kappa shape index (κ2) is 7.54. The van der Waals surface area contributed by atoms with Crippen LogP contribution in [0.4, 0.5) is 5.82 Å². The first-order valence-corrected chi connectivity index (χ1v) is 9.55. The summed E-state index contributed by atoms with van der Waals surface area (Å²) in [6.45, 7) is 1.23. The minimum atomic E-state index is -0.110. The third-order valence-electron chi connectivity index (χ3n) is 5.17. The third kappa shape index (κ3) is 3.61. The van der Waals surface area contributed by atoms with Crippen molar-refractivity contribution in [1.29, 1.82) is 0 Å². The highest BCUT2D eigenvalue weighted by molar-refractivity contribution is 5.94.